The van der Waals surface area contributed by atoms with Gasteiger partial charge in [-0.05, 0) is 0 Å². The van der Waals surface area contributed by atoms with Gasteiger partial charge >= 0.3 is 0 Å². The molecular formula is CH3ClNa6. The molecule has 0 aromatic rings. The third kappa shape index (κ3) is 39.6. The Kier molecular flexibility index (Phi) is 301. The van der Waals surface area contributed by atoms with Gasteiger partial charge in [0.15, 0.2) is 0 Å². The normalized spacial score (nSPS) is 0.750. The standard InChI is InChI=1S/CH3Cl.6Na/c1-2;;;;;;/h1H3;;;;;;. The average molecular weight is 188 g/mol. The molecule has 0 aliphatic rings. The van der Waals surface area contributed by atoms with Gasteiger partial charge in [-0.1, -0.05) is 0 Å². The molecule has 6 radical (unpaired) electrons. The summed E-state index contributed by atoms with van der Waals surface area (Å²) in [5.41, 5.74) is 0. The molecule has 0 unspecified atom stereocenters. The van der Waals surface area contributed by atoms with Gasteiger partial charge in [-0.2, -0.15) is 0 Å². The van der Waals surface area contributed by atoms with Gasteiger partial charge in [0.05, 0.1) is 0 Å². The van der Waals surface area contributed by atoms with Crippen molar-refractivity contribution in [2.24, 2.45) is 0 Å². The van der Waals surface area contributed by atoms with Crippen LogP contribution >= 0.6 is 11.6 Å². The molecule has 0 bridgehead atoms. The zero-order valence-corrected chi connectivity index (χ0v) is 20.1. The van der Waals surface area contributed by atoms with Gasteiger partial charge in [-0.15, -0.1) is 11.6 Å². The molecular weight excluding hydrogens is 185 g/mol. The van der Waals surface area contributed by atoms with Gasteiger partial charge in [0.2, 0.25) is 0 Å². The van der Waals surface area contributed by atoms with Crippen molar-refractivity contribution in [3.05, 3.63) is 0 Å². The summed E-state index contributed by atoms with van der Waals surface area (Å²) >= 11 is 4.64. The van der Waals surface area contributed by atoms with Crippen LogP contribution < -0.4 is 0 Å². The quantitative estimate of drug-likeness (QED) is 0.323. The molecule has 0 spiro atoms. The summed E-state index contributed by atoms with van der Waals surface area (Å²) in [6.07, 6.45) is 1.47. The van der Waals surface area contributed by atoms with E-state index in [1.165, 1.54) is 6.38 Å². The topological polar surface area (TPSA) is 0 Å². The Hall–Kier alpha value is 6.29. The number of alkyl halides is 1. The minimum absolute atomic E-state index is 0. The predicted octanol–water partition coefficient (Wildman–Crippen LogP) is -1.43. The first-order chi connectivity index (χ1) is 1.00. The Morgan fingerprint density at radius 1 is 0.500 bits per heavy atom. The first-order valence-corrected chi connectivity index (χ1v) is 1.13. The van der Waals surface area contributed by atoms with Crippen molar-refractivity contribution in [2.75, 3.05) is 6.38 Å². The van der Waals surface area contributed by atoms with E-state index in [-0.39, 0.29) is 177 Å². The summed E-state index contributed by atoms with van der Waals surface area (Å²) in [5, 5.41) is 0. The van der Waals surface area contributed by atoms with E-state index in [0.29, 0.717) is 0 Å². The molecule has 7 heteroatoms. The van der Waals surface area contributed by atoms with Crippen molar-refractivity contribution in [1.82, 2.24) is 0 Å². The summed E-state index contributed by atoms with van der Waals surface area (Å²) in [4.78, 5) is 0. The van der Waals surface area contributed by atoms with Crippen LogP contribution in [0.25, 0.3) is 0 Å². The molecule has 0 aromatic heterocycles. The minimum atomic E-state index is 0. The van der Waals surface area contributed by atoms with Gasteiger partial charge in [0, 0.05) is 184 Å². The summed E-state index contributed by atoms with van der Waals surface area (Å²) in [6, 6.07) is 0. The fourth-order valence-corrected chi connectivity index (χ4v) is 0. The fourth-order valence-electron chi connectivity index (χ4n) is 0. The summed E-state index contributed by atoms with van der Waals surface area (Å²) < 4.78 is 0. The third-order valence-corrected chi connectivity index (χ3v) is 0. The van der Waals surface area contributed by atoms with E-state index in [1.807, 2.05) is 0 Å². The Labute approximate surface area is 190 Å². The molecule has 0 rings (SSSR count). The second-order valence-electron chi connectivity index (χ2n) is 0. The fraction of sp³-hybridized carbons (Fsp3) is 1.00. The van der Waals surface area contributed by atoms with Gasteiger partial charge in [-0.3, -0.25) is 0 Å². The van der Waals surface area contributed by atoms with E-state index in [1.54, 1.807) is 0 Å². The van der Waals surface area contributed by atoms with Gasteiger partial charge < -0.3 is 0 Å². The van der Waals surface area contributed by atoms with Crippen molar-refractivity contribution in [3.8, 4) is 0 Å². The summed E-state index contributed by atoms with van der Waals surface area (Å²) in [5.74, 6) is 0. The van der Waals surface area contributed by atoms with Crippen molar-refractivity contribution < 1.29 is 0 Å². The van der Waals surface area contributed by atoms with E-state index < -0.39 is 0 Å². The van der Waals surface area contributed by atoms with Crippen LogP contribution in [0.3, 0.4) is 0 Å². The first-order valence-electron chi connectivity index (χ1n) is 0.378. The molecule has 0 atom stereocenters. The Morgan fingerprint density at radius 2 is 0.500 bits per heavy atom. The van der Waals surface area contributed by atoms with E-state index in [0.717, 1.165) is 0 Å². The zero-order valence-electron chi connectivity index (χ0n) is 7.38. The van der Waals surface area contributed by atoms with Crippen LogP contribution in [-0.2, 0) is 0 Å². The molecule has 0 saturated heterocycles. The maximum atomic E-state index is 4.64. The maximum absolute atomic E-state index is 4.64. The SMILES string of the molecule is CCl.[Na].[Na].[Na].[Na].[Na].[Na]. The van der Waals surface area contributed by atoms with Gasteiger partial charge in [0.1, 0.15) is 0 Å². The molecule has 20 valence electrons. The van der Waals surface area contributed by atoms with Crippen LogP contribution in [0.4, 0.5) is 0 Å². The van der Waals surface area contributed by atoms with Gasteiger partial charge in [-0.25, -0.2) is 0 Å². The van der Waals surface area contributed by atoms with Crippen LogP contribution in [0, 0.1) is 0 Å². The van der Waals surface area contributed by atoms with Gasteiger partial charge in [0.25, 0.3) is 0 Å². The first kappa shape index (κ1) is 47.5. The third-order valence-electron chi connectivity index (χ3n) is 0. The van der Waals surface area contributed by atoms with Crippen LogP contribution in [-0.4, -0.2) is 184 Å². The van der Waals surface area contributed by atoms with E-state index in [4.69, 9.17) is 0 Å². The number of rotatable bonds is 0. The molecule has 8 heavy (non-hydrogen) atoms. The predicted molar refractivity (Wildman–Crippen MR) is 46.3 cm³/mol. The molecule has 0 fully saturated rings. The molecule has 0 aromatic carbocycles. The van der Waals surface area contributed by atoms with E-state index >= 15 is 0 Å². The van der Waals surface area contributed by atoms with Crippen molar-refractivity contribution in [2.45, 2.75) is 0 Å². The number of hydrogen-bond acceptors (Lipinski definition) is 0. The minimum Gasteiger partial charge on any atom is -0.130 e. The molecule has 0 aliphatic carbocycles. The Morgan fingerprint density at radius 3 is 0.500 bits per heavy atom. The van der Waals surface area contributed by atoms with Crippen LogP contribution in [0.2, 0.25) is 0 Å². The van der Waals surface area contributed by atoms with Crippen molar-refractivity contribution in [1.29, 1.82) is 0 Å². The smallest absolute Gasteiger partial charge is 0.0108 e. The molecule has 0 N–H and O–H groups in total. The largest absolute Gasteiger partial charge is 0.130 e. The monoisotopic (exact) mass is 188 g/mol. The Bertz CT molecular complexity index is 8.49. The maximum Gasteiger partial charge on any atom is 0.0108 e. The molecule has 0 saturated carbocycles. The van der Waals surface area contributed by atoms with Crippen molar-refractivity contribution in [3.63, 3.8) is 0 Å². The van der Waals surface area contributed by atoms with E-state index in [2.05, 4.69) is 11.6 Å². The summed E-state index contributed by atoms with van der Waals surface area (Å²) in [6.45, 7) is 0. The molecule has 0 aliphatic heterocycles. The van der Waals surface area contributed by atoms with Crippen LogP contribution in [0.15, 0.2) is 0 Å². The second kappa shape index (κ2) is 50.7. The molecule has 0 nitrogen and oxygen atoms in total. The Balaban J connectivity index is -0.000000000333. The number of hydrogen-bond donors (Lipinski definition) is 0. The van der Waals surface area contributed by atoms with E-state index in [9.17, 15) is 0 Å². The number of halogens is 1. The van der Waals surface area contributed by atoms with Crippen molar-refractivity contribution >= 4 is 189 Å². The summed E-state index contributed by atoms with van der Waals surface area (Å²) in [7, 11) is 0. The molecule has 0 heterocycles. The zero-order chi connectivity index (χ0) is 2.00. The second-order valence-corrected chi connectivity index (χ2v) is 0. The van der Waals surface area contributed by atoms with Crippen LogP contribution in [0.5, 0.6) is 0 Å². The molecule has 0 amide bonds. The average Bonchev–Trinajstić information content (AvgIpc) is 1.00. The van der Waals surface area contributed by atoms with Crippen LogP contribution in [0.1, 0.15) is 0 Å².